The molecule has 1 heterocycles. The lowest BCUT2D eigenvalue weighted by Gasteiger charge is -2.58. The first-order valence-electron chi connectivity index (χ1n) is 23.2. The molecule has 0 aromatic heterocycles. The highest BCUT2D eigenvalue weighted by Crippen LogP contribution is 2.67. The smallest absolute Gasteiger partial charge is 0.305 e. The third-order valence-electron chi connectivity index (χ3n) is 15.6. The maximum Gasteiger partial charge on any atom is 0.305 e. The molecule has 5 aliphatic rings. The van der Waals surface area contributed by atoms with Crippen molar-refractivity contribution >= 4 is 5.97 Å². The predicted octanol–water partition coefficient (Wildman–Crippen LogP) is 10.6. The van der Waals surface area contributed by atoms with Gasteiger partial charge in [-0.2, -0.15) is 0 Å². The number of ether oxygens (including phenoxy) is 3. The molecule has 7 nitrogen and oxygen atoms in total. The Bertz CT molecular complexity index is 1230. The van der Waals surface area contributed by atoms with E-state index in [9.17, 15) is 20.1 Å². The predicted molar refractivity (Wildman–Crippen MR) is 221 cm³/mol. The highest BCUT2D eigenvalue weighted by Gasteiger charge is 2.59. The van der Waals surface area contributed by atoms with E-state index in [0.29, 0.717) is 17.8 Å². The monoisotopic (exact) mass is 771 g/mol. The van der Waals surface area contributed by atoms with Gasteiger partial charge in [0.15, 0.2) is 6.29 Å². The Balaban J connectivity index is 1.05. The number of rotatable bonds is 21. The van der Waals surface area contributed by atoms with Crippen LogP contribution in [0.25, 0.3) is 0 Å². The molecule has 1 saturated heterocycles. The Morgan fingerprint density at radius 3 is 2.33 bits per heavy atom. The van der Waals surface area contributed by atoms with Crippen molar-refractivity contribution in [2.75, 3.05) is 6.61 Å². The number of fused-ring (bicyclic) bond motifs is 5. The molecule has 0 amide bonds. The van der Waals surface area contributed by atoms with Gasteiger partial charge in [0.25, 0.3) is 0 Å². The number of unbranched alkanes of at least 4 members (excludes halogenated alkanes) is 8. The van der Waals surface area contributed by atoms with Crippen molar-refractivity contribution in [2.45, 2.75) is 220 Å². The molecule has 1 aliphatic heterocycles. The number of carbonyl (C=O) groups excluding carboxylic acids is 1. The summed E-state index contributed by atoms with van der Waals surface area (Å²) in [5.74, 6) is 4.43. The molecule has 0 bridgehead atoms. The second-order valence-electron chi connectivity index (χ2n) is 19.8. The molecule has 3 N–H and O–H groups in total. The van der Waals surface area contributed by atoms with E-state index in [2.05, 4.69) is 59.8 Å². The Labute approximate surface area is 335 Å². The summed E-state index contributed by atoms with van der Waals surface area (Å²) >= 11 is 0. The van der Waals surface area contributed by atoms with Gasteiger partial charge in [-0.05, 0) is 130 Å². The molecule has 0 spiro atoms. The Morgan fingerprint density at radius 1 is 0.855 bits per heavy atom. The Hall–Kier alpha value is -1.25. The van der Waals surface area contributed by atoms with Crippen molar-refractivity contribution in [3.63, 3.8) is 0 Å². The largest absolute Gasteiger partial charge is 0.463 e. The Morgan fingerprint density at radius 2 is 1.58 bits per heavy atom. The number of aliphatic hydroxyl groups excluding tert-OH is 3. The van der Waals surface area contributed by atoms with E-state index in [0.717, 1.165) is 87.4 Å². The highest BCUT2D eigenvalue weighted by molar-refractivity contribution is 5.69. The van der Waals surface area contributed by atoms with Gasteiger partial charge in [-0.1, -0.05) is 117 Å². The average molecular weight is 771 g/mol. The van der Waals surface area contributed by atoms with Crippen molar-refractivity contribution in [1.29, 1.82) is 0 Å². The SMILES string of the molecule is CCCCC/C=C\CCCCCCCC(=O)OCC1OC(OC2CCC3(C)C(=CCC4C3CCC3(C)C(C(C)CCCC(C)C)CCC43)C2)C(O)C(O)C1O. The van der Waals surface area contributed by atoms with Gasteiger partial charge in [0.1, 0.15) is 31.0 Å². The van der Waals surface area contributed by atoms with Gasteiger partial charge >= 0.3 is 5.97 Å². The molecule has 3 saturated carbocycles. The van der Waals surface area contributed by atoms with Gasteiger partial charge in [-0.15, -0.1) is 0 Å². The molecule has 13 atom stereocenters. The second kappa shape index (κ2) is 21.1. The summed E-state index contributed by atoms with van der Waals surface area (Å²) < 4.78 is 18.0. The molecule has 0 aromatic rings. The van der Waals surface area contributed by atoms with Crippen LogP contribution in [-0.4, -0.2) is 64.7 Å². The van der Waals surface area contributed by atoms with Crippen LogP contribution in [0.2, 0.25) is 0 Å². The first-order valence-corrected chi connectivity index (χ1v) is 23.2. The maximum atomic E-state index is 12.5. The summed E-state index contributed by atoms with van der Waals surface area (Å²) in [6.07, 6.45) is 25.9. The van der Waals surface area contributed by atoms with E-state index in [4.69, 9.17) is 14.2 Å². The minimum absolute atomic E-state index is 0.139. The van der Waals surface area contributed by atoms with Crippen LogP contribution in [0.5, 0.6) is 0 Å². The number of carbonyl (C=O) groups is 1. The van der Waals surface area contributed by atoms with Crippen LogP contribution >= 0.6 is 0 Å². The lowest BCUT2D eigenvalue weighted by atomic mass is 9.47. The molecule has 55 heavy (non-hydrogen) atoms. The Kier molecular flexibility index (Phi) is 17.2. The summed E-state index contributed by atoms with van der Waals surface area (Å²) in [5, 5.41) is 32.4. The lowest BCUT2D eigenvalue weighted by molar-refractivity contribution is -0.313. The van der Waals surface area contributed by atoms with E-state index in [1.807, 2.05) is 0 Å². The fourth-order valence-electron chi connectivity index (χ4n) is 12.2. The van der Waals surface area contributed by atoms with Gasteiger partial charge in [0.05, 0.1) is 6.10 Å². The second-order valence-corrected chi connectivity index (χ2v) is 19.8. The first-order chi connectivity index (χ1) is 26.4. The van der Waals surface area contributed by atoms with Crippen LogP contribution < -0.4 is 0 Å². The zero-order chi connectivity index (χ0) is 39.6. The van der Waals surface area contributed by atoms with Crippen LogP contribution in [0.15, 0.2) is 23.8 Å². The molecule has 0 radical (unpaired) electrons. The average Bonchev–Trinajstić information content (AvgIpc) is 3.52. The van der Waals surface area contributed by atoms with Crippen molar-refractivity contribution in [2.24, 2.45) is 46.3 Å². The molecular weight excluding hydrogens is 689 g/mol. The number of esters is 1. The van der Waals surface area contributed by atoms with Gasteiger partial charge in [-0.3, -0.25) is 4.79 Å². The summed E-state index contributed by atoms with van der Waals surface area (Å²) in [5.41, 5.74) is 2.14. The van der Waals surface area contributed by atoms with E-state index >= 15 is 0 Å². The van der Waals surface area contributed by atoms with Crippen LogP contribution in [0.1, 0.15) is 183 Å². The molecule has 13 unspecified atom stereocenters. The summed E-state index contributed by atoms with van der Waals surface area (Å²) in [4.78, 5) is 12.5. The topological polar surface area (TPSA) is 105 Å². The van der Waals surface area contributed by atoms with Gasteiger partial charge in [0.2, 0.25) is 0 Å². The molecule has 7 heteroatoms. The van der Waals surface area contributed by atoms with Crippen molar-refractivity contribution in [1.82, 2.24) is 0 Å². The molecular formula is C48H82O7. The minimum Gasteiger partial charge on any atom is -0.463 e. The summed E-state index contributed by atoms with van der Waals surface area (Å²) in [6, 6.07) is 0. The quantitative estimate of drug-likeness (QED) is 0.0606. The maximum absolute atomic E-state index is 12.5. The van der Waals surface area contributed by atoms with E-state index in [1.165, 1.54) is 82.6 Å². The van der Waals surface area contributed by atoms with Crippen LogP contribution in [-0.2, 0) is 19.0 Å². The van der Waals surface area contributed by atoms with Crippen LogP contribution in [0.4, 0.5) is 0 Å². The van der Waals surface area contributed by atoms with Crippen LogP contribution in [0.3, 0.4) is 0 Å². The van der Waals surface area contributed by atoms with Crippen molar-refractivity contribution < 1.29 is 34.3 Å². The third kappa shape index (κ3) is 11.3. The zero-order valence-electron chi connectivity index (χ0n) is 35.9. The molecule has 316 valence electrons. The fraction of sp³-hybridized carbons (Fsp3) is 0.896. The van der Waals surface area contributed by atoms with E-state index in [-0.39, 0.29) is 24.1 Å². The number of hydrogen-bond donors (Lipinski definition) is 3. The molecule has 5 rings (SSSR count). The van der Waals surface area contributed by atoms with Crippen molar-refractivity contribution in [3.8, 4) is 0 Å². The summed E-state index contributed by atoms with van der Waals surface area (Å²) in [7, 11) is 0. The molecule has 4 fully saturated rings. The highest BCUT2D eigenvalue weighted by atomic mass is 16.7. The van der Waals surface area contributed by atoms with E-state index < -0.39 is 30.7 Å². The fourth-order valence-corrected chi connectivity index (χ4v) is 12.2. The number of allylic oxidation sites excluding steroid dienone is 3. The summed E-state index contributed by atoms with van der Waals surface area (Å²) in [6.45, 7) is 14.5. The minimum atomic E-state index is -1.44. The third-order valence-corrected chi connectivity index (χ3v) is 15.6. The van der Waals surface area contributed by atoms with Gasteiger partial charge < -0.3 is 29.5 Å². The molecule has 0 aromatic carbocycles. The zero-order valence-corrected chi connectivity index (χ0v) is 35.9. The molecule has 4 aliphatic carbocycles. The van der Waals surface area contributed by atoms with Crippen LogP contribution in [0, 0.1) is 46.3 Å². The first kappa shape index (κ1) is 44.8. The van der Waals surface area contributed by atoms with Crippen molar-refractivity contribution in [3.05, 3.63) is 23.8 Å². The number of aliphatic hydroxyl groups is 3. The normalized spacial score (nSPS) is 38.0. The lowest BCUT2D eigenvalue weighted by Crippen LogP contribution is -2.60. The van der Waals surface area contributed by atoms with Gasteiger partial charge in [0, 0.05) is 6.42 Å². The van der Waals surface area contributed by atoms with Gasteiger partial charge in [-0.25, -0.2) is 0 Å². The van der Waals surface area contributed by atoms with E-state index in [1.54, 1.807) is 0 Å². The number of hydrogen-bond acceptors (Lipinski definition) is 7. The standard InChI is InChI=1S/C48H82O7/c1-7-8-9-10-11-12-13-14-15-16-17-18-22-42(49)53-32-41-43(50)44(51)45(52)46(55-41)54-36-27-29-47(5)35(31-36)23-24-37-39-26-25-38(34(4)21-19-20-33(2)3)48(39,6)30-28-40(37)47/h11-12,23,33-34,36-41,43-46,50-52H,7-10,13-22,24-32H2,1-6H3/b12-11-.